The maximum atomic E-state index is 5.75. The largest absolute Gasteiger partial charge is 0.490 e. The highest BCUT2D eigenvalue weighted by Crippen LogP contribution is 2.31. The lowest BCUT2D eigenvalue weighted by molar-refractivity contribution is 0.0536. The standard InChI is InChI=1S/C16H24I2O6/c1-19-3-5-21-7-9-23-15-11-14(18)16(12-13(15)17)24-10-8-22-6-4-20-2/h11-12H,3-10H2,1-2H3. The van der Waals surface area contributed by atoms with Gasteiger partial charge in [-0.15, -0.1) is 0 Å². The topological polar surface area (TPSA) is 55.4 Å². The van der Waals surface area contributed by atoms with Crippen LogP contribution in [0.4, 0.5) is 0 Å². The maximum absolute atomic E-state index is 5.75. The van der Waals surface area contributed by atoms with E-state index in [2.05, 4.69) is 45.2 Å². The van der Waals surface area contributed by atoms with Gasteiger partial charge in [0, 0.05) is 14.2 Å². The molecule has 0 fully saturated rings. The normalized spacial score (nSPS) is 10.8. The maximum Gasteiger partial charge on any atom is 0.134 e. The molecule has 1 aromatic carbocycles. The molecule has 0 radical (unpaired) electrons. The fraction of sp³-hybridized carbons (Fsp3) is 0.625. The van der Waals surface area contributed by atoms with Crippen LogP contribution < -0.4 is 9.47 Å². The first-order valence-corrected chi connectivity index (χ1v) is 9.72. The average Bonchev–Trinajstić information content (AvgIpc) is 2.57. The van der Waals surface area contributed by atoms with Gasteiger partial charge in [0.15, 0.2) is 0 Å². The monoisotopic (exact) mass is 566 g/mol. The van der Waals surface area contributed by atoms with E-state index in [0.717, 1.165) is 18.6 Å². The Balaban J connectivity index is 2.33. The van der Waals surface area contributed by atoms with Crippen molar-refractivity contribution in [3.8, 4) is 11.5 Å². The van der Waals surface area contributed by atoms with Gasteiger partial charge in [-0.2, -0.15) is 0 Å². The van der Waals surface area contributed by atoms with E-state index in [-0.39, 0.29) is 0 Å². The fourth-order valence-electron chi connectivity index (χ4n) is 1.64. The van der Waals surface area contributed by atoms with Crippen LogP contribution in [0.3, 0.4) is 0 Å². The van der Waals surface area contributed by atoms with Crippen LogP contribution in [0.2, 0.25) is 0 Å². The van der Waals surface area contributed by atoms with Gasteiger partial charge in [-0.1, -0.05) is 0 Å². The van der Waals surface area contributed by atoms with Gasteiger partial charge >= 0.3 is 0 Å². The molecule has 1 aromatic rings. The molecule has 0 spiro atoms. The van der Waals surface area contributed by atoms with Crippen molar-refractivity contribution in [2.24, 2.45) is 0 Å². The lowest BCUT2D eigenvalue weighted by atomic mass is 10.3. The summed E-state index contributed by atoms with van der Waals surface area (Å²) < 4.78 is 34.1. The molecule has 6 nitrogen and oxygen atoms in total. The molecular weight excluding hydrogens is 542 g/mol. The Morgan fingerprint density at radius 3 is 1.38 bits per heavy atom. The van der Waals surface area contributed by atoms with E-state index in [1.807, 2.05) is 12.1 Å². The average molecular weight is 566 g/mol. The Labute approximate surface area is 170 Å². The zero-order chi connectivity index (χ0) is 17.6. The van der Waals surface area contributed by atoms with E-state index in [1.165, 1.54) is 0 Å². The second-order valence-corrected chi connectivity index (χ2v) is 6.94. The number of methoxy groups -OCH3 is 2. The first-order valence-electron chi connectivity index (χ1n) is 7.57. The lowest BCUT2D eigenvalue weighted by Gasteiger charge is -2.13. The predicted octanol–water partition coefficient (Wildman–Crippen LogP) is 2.98. The second kappa shape index (κ2) is 14.3. The molecule has 8 heteroatoms. The number of benzene rings is 1. The summed E-state index contributed by atoms with van der Waals surface area (Å²) in [7, 11) is 3.30. The van der Waals surface area contributed by atoms with Crippen molar-refractivity contribution in [3.05, 3.63) is 19.3 Å². The van der Waals surface area contributed by atoms with Gasteiger partial charge in [0.1, 0.15) is 24.7 Å². The molecule has 0 atom stereocenters. The summed E-state index contributed by atoms with van der Waals surface area (Å²) in [5, 5.41) is 0. The summed E-state index contributed by atoms with van der Waals surface area (Å²) in [6, 6.07) is 3.94. The molecule has 0 aliphatic heterocycles. The van der Waals surface area contributed by atoms with E-state index >= 15 is 0 Å². The second-order valence-electron chi connectivity index (χ2n) is 4.62. The SMILES string of the molecule is COCCOCCOc1cc(I)c(OCCOCCOC)cc1I. The Morgan fingerprint density at radius 1 is 0.625 bits per heavy atom. The Morgan fingerprint density at radius 2 is 1.00 bits per heavy atom. The number of hydrogen-bond acceptors (Lipinski definition) is 6. The third kappa shape index (κ3) is 9.56. The molecule has 24 heavy (non-hydrogen) atoms. The van der Waals surface area contributed by atoms with Gasteiger partial charge < -0.3 is 28.4 Å². The van der Waals surface area contributed by atoms with E-state index in [4.69, 9.17) is 28.4 Å². The zero-order valence-corrected chi connectivity index (χ0v) is 18.3. The Bertz CT molecular complexity index is 417. The molecular formula is C16H24I2O6. The molecule has 0 N–H and O–H groups in total. The molecule has 0 saturated heterocycles. The van der Waals surface area contributed by atoms with Crippen LogP contribution in [0.5, 0.6) is 11.5 Å². The van der Waals surface area contributed by atoms with Crippen LogP contribution in [-0.2, 0) is 18.9 Å². The summed E-state index contributed by atoms with van der Waals surface area (Å²) in [6.45, 7) is 4.42. The van der Waals surface area contributed by atoms with Gasteiger partial charge in [-0.3, -0.25) is 0 Å². The summed E-state index contributed by atoms with van der Waals surface area (Å²) in [4.78, 5) is 0. The molecule has 0 aliphatic rings. The number of hydrogen-bond donors (Lipinski definition) is 0. The van der Waals surface area contributed by atoms with Crippen LogP contribution in [-0.4, -0.2) is 67.1 Å². The minimum absolute atomic E-state index is 0.503. The third-order valence-corrected chi connectivity index (χ3v) is 4.51. The first-order chi connectivity index (χ1) is 11.7. The fourth-order valence-corrected chi connectivity index (χ4v) is 2.83. The number of rotatable bonds is 14. The van der Waals surface area contributed by atoms with E-state index in [0.29, 0.717) is 52.9 Å². The highest BCUT2D eigenvalue weighted by Gasteiger charge is 2.09. The molecule has 0 unspecified atom stereocenters. The summed E-state index contributed by atoms with van der Waals surface area (Å²) in [5.41, 5.74) is 0. The van der Waals surface area contributed by atoms with Crippen molar-refractivity contribution in [1.29, 1.82) is 0 Å². The molecule has 0 bridgehead atoms. The summed E-state index contributed by atoms with van der Waals surface area (Å²) >= 11 is 4.48. The summed E-state index contributed by atoms with van der Waals surface area (Å²) in [6.07, 6.45) is 0. The van der Waals surface area contributed by atoms with Crippen LogP contribution in [0.15, 0.2) is 12.1 Å². The molecule has 0 amide bonds. The molecule has 138 valence electrons. The number of ether oxygens (including phenoxy) is 6. The van der Waals surface area contributed by atoms with Crippen LogP contribution >= 0.6 is 45.2 Å². The van der Waals surface area contributed by atoms with E-state index in [1.54, 1.807) is 14.2 Å². The molecule has 0 heterocycles. The summed E-state index contributed by atoms with van der Waals surface area (Å²) in [5.74, 6) is 1.66. The quantitative estimate of drug-likeness (QED) is 0.255. The molecule has 0 aliphatic carbocycles. The Kier molecular flexibility index (Phi) is 13.2. The van der Waals surface area contributed by atoms with E-state index in [9.17, 15) is 0 Å². The minimum Gasteiger partial charge on any atom is -0.490 e. The highest BCUT2D eigenvalue weighted by molar-refractivity contribution is 14.1. The van der Waals surface area contributed by atoms with Crippen molar-refractivity contribution in [1.82, 2.24) is 0 Å². The van der Waals surface area contributed by atoms with Crippen LogP contribution in [0.1, 0.15) is 0 Å². The molecule has 0 saturated carbocycles. The van der Waals surface area contributed by atoms with Crippen molar-refractivity contribution in [3.63, 3.8) is 0 Å². The van der Waals surface area contributed by atoms with Gasteiger partial charge in [-0.25, -0.2) is 0 Å². The first kappa shape index (κ1) is 22.2. The van der Waals surface area contributed by atoms with Gasteiger partial charge in [0.25, 0.3) is 0 Å². The van der Waals surface area contributed by atoms with Crippen LogP contribution in [0, 0.1) is 7.14 Å². The number of halogens is 2. The molecule has 1 rings (SSSR count). The van der Waals surface area contributed by atoms with Gasteiger partial charge in [0.05, 0.1) is 46.8 Å². The minimum atomic E-state index is 0.503. The lowest BCUT2D eigenvalue weighted by Crippen LogP contribution is -2.11. The predicted molar refractivity (Wildman–Crippen MR) is 108 cm³/mol. The highest BCUT2D eigenvalue weighted by atomic mass is 127. The van der Waals surface area contributed by atoms with Crippen molar-refractivity contribution >= 4 is 45.2 Å². The smallest absolute Gasteiger partial charge is 0.134 e. The third-order valence-electron chi connectivity index (χ3n) is 2.82. The van der Waals surface area contributed by atoms with Gasteiger partial charge in [0.2, 0.25) is 0 Å². The van der Waals surface area contributed by atoms with E-state index < -0.39 is 0 Å². The van der Waals surface area contributed by atoms with Crippen LogP contribution in [0.25, 0.3) is 0 Å². The van der Waals surface area contributed by atoms with Gasteiger partial charge in [-0.05, 0) is 57.3 Å². The van der Waals surface area contributed by atoms with Crippen molar-refractivity contribution in [2.75, 3.05) is 67.1 Å². The van der Waals surface area contributed by atoms with Crippen molar-refractivity contribution < 1.29 is 28.4 Å². The zero-order valence-electron chi connectivity index (χ0n) is 14.0. The Hall–Kier alpha value is 0.120. The van der Waals surface area contributed by atoms with Crippen molar-refractivity contribution in [2.45, 2.75) is 0 Å². The molecule has 0 aromatic heterocycles.